The summed E-state index contributed by atoms with van der Waals surface area (Å²) in [5.74, 6) is 1.17. The maximum Gasteiger partial charge on any atom is 0.122 e. The Morgan fingerprint density at radius 3 is 2.83 bits per heavy atom. The predicted octanol–water partition coefficient (Wildman–Crippen LogP) is 1.64. The second-order valence-corrected chi connectivity index (χ2v) is 5.97. The van der Waals surface area contributed by atoms with Crippen molar-refractivity contribution >= 4 is 0 Å². The van der Waals surface area contributed by atoms with Crippen LogP contribution in [0.25, 0.3) is 0 Å². The second kappa shape index (κ2) is 5.02. The number of hydrogen-bond donors (Lipinski definition) is 1. The smallest absolute Gasteiger partial charge is 0.122 e. The fourth-order valence-corrected chi connectivity index (χ4v) is 3.50. The van der Waals surface area contributed by atoms with Gasteiger partial charge in [0.25, 0.3) is 0 Å². The highest BCUT2D eigenvalue weighted by molar-refractivity contribution is 4.97. The quantitative estimate of drug-likeness (QED) is 0.885. The first-order chi connectivity index (χ1) is 8.81. The Balaban J connectivity index is 1.66. The van der Waals surface area contributed by atoms with Gasteiger partial charge in [-0.1, -0.05) is 19.3 Å². The maximum absolute atomic E-state index is 9.78. The zero-order valence-corrected chi connectivity index (χ0v) is 11.0. The summed E-state index contributed by atoms with van der Waals surface area (Å²) in [6, 6.07) is 0. The summed E-state index contributed by atoms with van der Waals surface area (Å²) < 4.78 is 2.24. The first-order valence-corrected chi connectivity index (χ1v) is 7.15. The lowest BCUT2D eigenvalue weighted by molar-refractivity contribution is 0.0310. The van der Waals surface area contributed by atoms with Crippen molar-refractivity contribution in [1.29, 1.82) is 0 Å². The van der Waals surface area contributed by atoms with E-state index in [0.717, 1.165) is 26.2 Å². The lowest BCUT2D eigenvalue weighted by Gasteiger charge is -2.41. The van der Waals surface area contributed by atoms with Crippen LogP contribution in [0.1, 0.15) is 37.9 Å². The summed E-state index contributed by atoms with van der Waals surface area (Å²) in [5, 5.41) is 9.78. The molecule has 1 aromatic rings. The van der Waals surface area contributed by atoms with Crippen molar-refractivity contribution in [2.45, 2.75) is 45.2 Å². The van der Waals surface area contributed by atoms with E-state index in [1.807, 2.05) is 6.20 Å². The Hall–Kier alpha value is -0.870. The molecule has 0 aromatic carbocycles. The molecule has 0 spiro atoms. The lowest BCUT2D eigenvalue weighted by Crippen LogP contribution is -2.44. The number of aliphatic hydroxyl groups excluding tert-OH is 1. The Bertz CT molecular complexity index is 395. The van der Waals surface area contributed by atoms with Crippen molar-refractivity contribution in [3.05, 3.63) is 18.2 Å². The van der Waals surface area contributed by atoms with E-state index in [-0.39, 0.29) is 5.41 Å². The van der Waals surface area contributed by atoms with Crippen molar-refractivity contribution in [1.82, 2.24) is 14.5 Å². The predicted molar refractivity (Wildman–Crippen MR) is 70.1 cm³/mol. The van der Waals surface area contributed by atoms with Gasteiger partial charge in [-0.2, -0.15) is 0 Å². The van der Waals surface area contributed by atoms with Gasteiger partial charge in [0.2, 0.25) is 0 Å². The largest absolute Gasteiger partial charge is 0.396 e. The van der Waals surface area contributed by atoms with Gasteiger partial charge in [-0.05, 0) is 12.8 Å². The molecule has 1 aromatic heterocycles. The standard InChI is InChI=1S/C14H23N3O/c18-12-14(4-2-1-3-5-14)11-16-8-9-17-7-6-15-13(17)10-16/h6-7,18H,1-5,8-12H2. The SMILES string of the molecule is OCC1(CN2CCn3ccnc3C2)CCCCC1. The van der Waals surface area contributed by atoms with Gasteiger partial charge in [-0.15, -0.1) is 0 Å². The number of hydrogen-bond acceptors (Lipinski definition) is 3. The molecule has 4 heteroatoms. The molecule has 0 amide bonds. The van der Waals surface area contributed by atoms with Gasteiger partial charge in [0.15, 0.2) is 0 Å². The molecule has 1 N–H and O–H groups in total. The molecule has 1 saturated carbocycles. The van der Waals surface area contributed by atoms with Crippen LogP contribution >= 0.6 is 0 Å². The number of rotatable bonds is 3. The zero-order valence-electron chi connectivity index (χ0n) is 11.0. The van der Waals surface area contributed by atoms with Gasteiger partial charge in [-0.25, -0.2) is 4.98 Å². The number of fused-ring (bicyclic) bond motifs is 1. The van der Waals surface area contributed by atoms with E-state index in [9.17, 15) is 5.11 Å². The van der Waals surface area contributed by atoms with Gasteiger partial charge >= 0.3 is 0 Å². The Morgan fingerprint density at radius 1 is 1.22 bits per heavy atom. The third-order valence-electron chi connectivity index (χ3n) is 4.63. The maximum atomic E-state index is 9.78. The van der Waals surface area contributed by atoms with Gasteiger partial charge in [-0.3, -0.25) is 4.90 Å². The summed E-state index contributed by atoms with van der Waals surface area (Å²) in [6.07, 6.45) is 10.2. The molecular weight excluding hydrogens is 226 g/mol. The van der Waals surface area contributed by atoms with E-state index in [1.54, 1.807) is 0 Å². The van der Waals surface area contributed by atoms with E-state index in [4.69, 9.17) is 0 Å². The fourth-order valence-electron chi connectivity index (χ4n) is 3.50. The van der Waals surface area contributed by atoms with E-state index < -0.39 is 0 Å². The highest BCUT2D eigenvalue weighted by atomic mass is 16.3. The van der Waals surface area contributed by atoms with Crippen LogP contribution in [0.4, 0.5) is 0 Å². The van der Waals surface area contributed by atoms with Crippen LogP contribution in [0.2, 0.25) is 0 Å². The minimum atomic E-state index is 0.160. The first kappa shape index (κ1) is 12.2. The van der Waals surface area contributed by atoms with Crippen LogP contribution in [0.5, 0.6) is 0 Å². The van der Waals surface area contributed by atoms with E-state index in [0.29, 0.717) is 6.61 Å². The molecule has 4 nitrogen and oxygen atoms in total. The topological polar surface area (TPSA) is 41.3 Å². The van der Waals surface area contributed by atoms with Crippen molar-refractivity contribution in [2.75, 3.05) is 19.7 Å². The highest BCUT2D eigenvalue weighted by Gasteiger charge is 2.34. The van der Waals surface area contributed by atoms with Crippen LogP contribution in [0.15, 0.2) is 12.4 Å². The van der Waals surface area contributed by atoms with E-state index in [2.05, 4.69) is 20.6 Å². The molecule has 0 radical (unpaired) electrons. The van der Waals surface area contributed by atoms with Crippen molar-refractivity contribution < 1.29 is 5.11 Å². The molecule has 1 aliphatic heterocycles. The van der Waals surface area contributed by atoms with E-state index in [1.165, 1.54) is 37.9 Å². The average molecular weight is 249 g/mol. The second-order valence-electron chi connectivity index (χ2n) is 5.97. The molecule has 2 heterocycles. The van der Waals surface area contributed by atoms with Crippen LogP contribution in [-0.4, -0.2) is 39.3 Å². The molecular formula is C14H23N3O. The van der Waals surface area contributed by atoms with Crippen LogP contribution in [0.3, 0.4) is 0 Å². The van der Waals surface area contributed by atoms with Gasteiger partial charge in [0.1, 0.15) is 5.82 Å². The Kier molecular flexibility index (Phi) is 3.39. The van der Waals surface area contributed by atoms with Gasteiger partial charge < -0.3 is 9.67 Å². The first-order valence-electron chi connectivity index (χ1n) is 7.15. The molecule has 18 heavy (non-hydrogen) atoms. The van der Waals surface area contributed by atoms with Crippen molar-refractivity contribution in [3.8, 4) is 0 Å². The summed E-state index contributed by atoms with van der Waals surface area (Å²) in [6.45, 7) is 4.45. The monoisotopic (exact) mass is 249 g/mol. The fraction of sp³-hybridized carbons (Fsp3) is 0.786. The molecule has 1 aliphatic carbocycles. The summed E-state index contributed by atoms with van der Waals surface area (Å²) >= 11 is 0. The van der Waals surface area contributed by atoms with Gasteiger partial charge in [0, 0.05) is 44.0 Å². The summed E-state index contributed by atoms with van der Waals surface area (Å²) in [5.41, 5.74) is 0.160. The summed E-state index contributed by atoms with van der Waals surface area (Å²) in [7, 11) is 0. The molecule has 0 bridgehead atoms. The molecule has 100 valence electrons. The minimum Gasteiger partial charge on any atom is -0.396 e. The third kappa shape index (κ3) is 2.31. The number of aliphatic hydroxyl groups is 1. The third-order valence-corrected chi connectivity index (χ3v) is 4.63. The molecule has 2 aliphatic rings. The number of imidazole rings is 1. The van der Waals surface area contributed by atoms with Crippen molar-refractivity contribution in [2.24, 2.45) is 5.41 Å². The average Bonchev–Trinajstić information content (AvgIpc) is 2.87. The zero-order chi connectivity index (χ0) is 12.4. The number of nitrogens with zero attached hydrogens (tertiary/aromatic N) is 3. The Labute approximate surface area is 109 Å². The molecule has 0 unspecified atom stereocenters. The lowest BCUT2D eigenvalue weighted by atomic mass is 9.74. The minimum absolute atomic E-state index is 0.160. The van der Waals surface area contributed by atoms with Crippen LogP contribution in [0, 0.1) is 5.41 Å². The molecule has 3 rings (SSSR count). The molecule has 0 atom stereocenters. The van der Waals surface area contributed by atoms with Gasteiger partial charge in [0.05, 0.1) is 6.54 Å². The van der Waals surface area contributed by atoms with E-state index >= 15 is 0 Å². The van der Waals surface area contributed by atoms with Crippen LogP contribution in [-0.2, 0) is 13.1 Å². The highest BCUT2D eigenvalue weighted by Crippen LogP contribution is 2.37. The molecule has 1 fully saturated rings. The van der Waals surface area contributed by atoms with Crippen molar-refractivity contribution in [3.63, 3.8) is 0 Å². The molecule has 0 saturated heterocycles. The number of aromatic nitrogens is 2. The van der Waals surface area contributed by atoms with Crippen LogP contribution < -0.4 is 0 Å². The Morgan fingerprint density at radius 2 is 2.06 bits per heavy atom. The summed E-state index contributed by atoms with van der Waals surface area (Å²) in [4.78, 5) is 6.88. The normalized spacial score (nSPS) is 23.8.